The summed E-state index contributed by atoms with van der Waals surface area (Å²) in [6.07, 6.45) is 1.78. The van der Waals surface area contributed by atoms with Gasteiger partial charge in [0.1, 0.15) is 24.3 Å². The standard InChI is InChI=1S/C25H19BrIN3O3/c1-31-19-7-8-21-22(12-19)30-25(29-21)17(13-28)9-16-10-20(27)24(23(11-16)32-2)33-14-15-3-5-18(26)6-4-15/h3-12H,14H2,1-2H3,(H,29,30)/b17-9-. The number of methoxy groups -OCH3 is 2. The zero-order chi connectivity index (χ0) is 23.4. The maximum Gasteiger partial charge on any atom is 0.174 e. The summed E-state index contributed by atoms with van der Waals surface area (Å²) in [6, 6.07) is 19.5. The monoisotopic (exact) mass is 615 g/mol. The molecular formula is C25H19BrIN3O3. The molecule has 6 nitrogen and oxygen atoms in total. The van der Waals surface area contributed by atoms with E-state index in [0.717, 1.165) is 36.0 Å². The van der Waals surface area contributed by atoms with E-state index in [4.69, 9.17) is 14.2 Å². The summed E-state index contributed by atoms with van der Waals surface area (Å²) in [7, 11) is 3.21. The Balaban J connectivity index is 1.63. The smallest absolute Gasteiger partial charge is 0.174 e. The molecule has 1 N–H and O–H groups in total. The number of aromatic nitrogens is 2. The van der Waals surface area contributed by atoms with Crippen molar-refractivity contribution in [2.24, 2.45) is 0 Å². The summed E-state index contributed by atoms with van der Waals surface area (Å²) in [4.78, 5) is 7.74. The number of nitrogens with zero attached hydrogens (tertiary/aromatic N) is 2. The molecule has 33 heavy (non-hydrogen) atoms. The average molecular weight is 616 g/mol. The number of hydrogen-bond acceptors (Lipinski definition) is 5. The normalized spacial score (nSPS) is 11.3. The molecular weight excluding hydrogens is 597 g/mol. The lowest BCUT2D eigenvalue weighted by Crippen LogP contribution is -2.00. The molecule has 0 atom stereocenters. The zero-order valence-electron chi connectivity index (χ0n) is 17.9. The van der Waals surface area contributed by atoms with Crippen LogP contribution in [0.4, 0.5) is 0 Å². The maximum atomic E-state index is 9.78. The van der Waals surface area contributed by atoms with Crippen LogP contribution in [-0.4, -0.2) is 24.2 Å². The highest BCUT2D eigenvalue weighted by Crippen LogP contribution is 2.36. The van der Waals surface area contributed by atoms with Crippen molar-refractivity contribution in [3.8, 4) is 23.3 Å². The van der Waals surface area contributed by atoms with E-state index in [0.29, 0.717) is 29.5 Å². The first-order valence-corrected chi connectivity index (χ1v) is 11.8. The molecule has 166 valence electrons. The van der Waals surface area contributed by atoms with E-state index in [1.54, 1.807) is 20.3 Å². The van der Waals surface area contributed by atoms with Gasteiger partial charge >= 0.3 is 0 Å². The van der Waals surface area contributed by atoms with E-state index in [1.165, 1.54) is 0 Å². The predicted octanol–water partition coefficient (Wildman–Crippen LogP) is 6.59. The average Bonchev–Trinajstić information content (AvgIpc) is 3.25. The SMILES string of the molecule is COc1ccc2nc(/C(C#N)=C\c3cc(I)c(OCc4ccc(Br)cc4)c(OC)c3)[nH]c2c1. The molecule has 0 aliphatic rings. The largest absolute Gasteiger partial charge is 0.497 e. The fraction of sp³-hybridized carbons (Fsp3) is 0.120. The fourth-order valence-corrected chi connectivity index (χ4v) is 4.31. The molecule has 8 heteroatoms. The van der Waals surface area contributed by atoms with E-state index in [2.05, 4.69) is 54.6 Å². The van der Waals surface area contributed by atoms with Crippen molar-refractivity contribution in [1.29, 1.82) is 5.26 Å². The van der Waals surface area contributed by atoms with Crippen LogP contribution in [0, 0.1) is 14.9 Å². The summed E-state index contributed by atoms with van der Waals surface area (Å²) < 4.78 is 18.8. The van der Waals surface area contributed by atoms with E-state index in [1.807, 2.05) is 54.6 Å². The van der Waals surface area contributed by atoms with Crippen molar-refractivity contribution in [3.63, 3.8) is 0 Å². The van der Waals surface area contributed by atoms with Gasteiger partial charge in [-0.2, -0.15) is 5.26 Å². The fourth-order valence-electron chi connectivity index (χ4n) is 3.26. The highest BCUT2D eigenvalue weighted by molar-refractivity contribution is 14.1. The van der Waals surface area contributed by atoms with Gasteiger partial charge in [-0.25, -0.2) is 4.98 Å². The highest BCUT2D eigenvalue weighted by Gasteiger charge is 2.14. The molecule has 0 aliphatic heterocycles. The van der Waals surface area contributed by atoms with E-state index >= 15 is 0 Å². The molecule has 0 saturated heterocycles. The van der Waals surface area contributed by atoms with Gasteiger partial charge in [-0.1, -0.05) is 28.1 Å². The zero-order valence-corrected chi connectivity index (χ0v) is 21.6. The Labute approximate surface area is 213 Å². The van der Waals surface area contributed by atoms with E-state index < -0.39 is 0 Å². The third-order valence-corrected chi connectivity index (χ3v) is 6.25. The number of H-pyrrole nitrogens is 1. The van der Waals surface area contributed by atoms with Gasteiger partial charge in [-0.3, -0.25) is 0 Å². The lowest BCUT2D eigenvalue weighted by molar-refractivity contribution is 0.282. The molecule has 3 aromatic carbocycles. The number of halogens is 2. The molecule has 0 amide bonds. The van der Waals surface area contributed by atoms with Gasteiger partial charge in [0.2, 0.25) is 0 Å². The first-order chi connectivity index (χ1) is 16.0. The summed E-state index contributed by atoms with van der Waals surface area (Å²) in [6.45, 7) is 0.417. The van der Waals surface area contributed by atoms with Crippen molar-refractivity contribution in [1.82, 2.24) is 9.97 Å². The third-order valence-electron chi connectivity index (χ3n) is 4.92. The molecule has 0 saturated carbocycles. The number of rotatable bonds is 7. The lowest BCUT2D eigenvalue weighted by Gasteiger charge is -2.14. The Morgan fingerprint density at radius 1 is 1.12 bits per heavy atom. The molecule has 1 aromatic heterocycles. The summed E-state index contributed by atoms with van der Waals surface area (Å²) >= 11 is 5.65. The quantitative estimate of drug-likeness (QED) is 0.187. The second-order valence-electron chi connectivity index (χ2n) is 7.09. The number of aromatic amines is 1. The summed E-state index contributed by atoms with van der Waals surface area (Å²) in [5, 5.41) is 9.78. The predicted molar refractivity (Wildman–Crippen MR) is 140 cm³/mol. The number of imidazole rings is 1. The van der Waals surface area contributed by atoms with Crippen LogP contribution >= 0.6 is 38.5 Å². The van der Waals surface area contributed by atoms with Crippen molar-refractivity contribution in [3.05, 3.63) is 79.6 Å². The van der Waals surface area contributed by atoms with Crippen LogP contribution in [0.25, 0.3) is 22.7 Å². The van der Waals surface area contributed by atoms with E-state index in [9.17, 15) is 5.26 Å². The summed E-state index contributed by atoms with van der Waals surface area (Å²) in [5.41, 5.74) is 3.83. The van der Waals surface area contributed by atoms with Crippen molar-refractivity contribution >= 4 is 61.2 Å². The highest BCUT2D eigenvalue weighted by atomic mass is 127. The Morgan fingerprint density at radius 3 is 2.61 bits per heavy atom. The second-order valence-corrected chi connectivity index (χ2v) is 9.17. The van der Waals surface area contributed by atoms with Crippen LogP contribution in [0.3, 0.4) is 0 Å². The van der Waals surface area contributed by atoms with Crippen LogP contribution in [0.2, 0.25) is 0 Å². The van der Waals surface area contributed by atoms with Gasteiger partial charge in [0.05, 0.1) is 34.4 Å². The first-order valence-electron chi connectivity index (χ1n) is 9.91. The van der Waals surface area contributed by atoms with Gasteiger partial charge in [-0.05, 0) is 76.2 Å². The Morgan fingerprint density at radius 2 is 1.91 bits per heavy atom. The number of allylic oxidation sites excluding steroid dienone is 1. The minimum atomic E-state index is 0.409. The number of ether oxygens (including phenoxy) is 3. The molecule has 0 unspecified atom stereocenters. The van der Waals surface area contributed by atoms with Crippen LogP contribution < -0.4 is 14.2 Å². The lowest BCUT2D eigenvalue weighted by atomic mass is 10.1. The minimum absolute atomic E-state index is 0.409. The molecule has 4 rings (SSSR count). The van der Waals surface area contributed by atoms with Gasteiger partial charge in [0.15, 0.2) is 11.5 Å². The summed E-state index contributed by atoms with van der Waals surface area (Å²) in [5.74, 6) is 2.47. The maximum absolute atomic E-state index is 9.78. The van der Waals surface area contributed by atoms with Gasteiger partial charge in [0.25, 0.3) is 0 Å². The molecule has 0 bridgehead atoms. The Bertz CT molecular complexity index is 1370. The van der Waals surface area contributed by atoms with Crippen LogP contribution in [0.1, 0.15) is 17.0 Å². The molecule has 0 aliphatic carbocycles. The van der Waals surface area contributed by atoms with Crippen LogP contribution in [0.5, 0.6) is 17.2 Å². The van der Waals surface area contributed by atoms with Gasteiger partial charge < -0.3 is 19.2 Å². The van der Waals surface area contributed by atoms with Gasteiger partial charge in [-0.15, -0.1) is 0 Å². The molecule has 0 radical (unpaired) electrons. The number of benzene rings is 3. The Kier molecular flexibility index (Phi) is 7.20. The van der Waals surface area contributed by atoms with Crippen molar-refractivity contribution in [2.75, 3.05) is 14.2 Å². The topological polar surface area (TPSA) is 80.2 Å². The third kappa shape index (κ3) is 5.31. The van der Waals surface area contributed by atoms with Crippen molar-refractivity contribution < 1.29 is 14.2 Å². The number of nitrogens with one attached hydrogen (secondary N) is 1. The number of nitriles is 1. The first kappa shape index (κ1) is 23.1. The molecule has 0 fully saturated rings. The number of fused-ring (bicyclic) bond motifs is 1. The Hall–Kier alpha value is -3.03. The van der Waals surface area contributed by atoms with E-state index in [-0.39, 0.29) is 0 Å². The molecule has 1 heterocycles. The molecule has 0 spiro atoms. The van der Waals surface area contributed by atoms with Gasteiger partial charge in [0, 0.05) is 10.5 Å². The second kappa shape index (κ2) is 10.3. The molecule has 4 aromatic rings. The number of hydrogen-bond donors (Lipinski definition) is 1. The minimum Gasteiger partial charge on any atom is -0.497 e. The van der Waals surface area contributed by atoms with Crippen LogP contribution in [-0.2, 0) is 6.61 Å². The van der Waals surface area contributed by atoms with Crippen LogP contribution in [0.15, 0.2) is 59.1 Å². The van der Waals surface area contributed by atoms with Crippen molar-refractivity contribution in [2.45, 2.75) is 6.61 Å².